The minimum absolute atomic E-state index is 0.00624. The highest BCUT2D eigenvalue weighted by Crippen LogP contribution is 2.20. The number of hydrogen-bond donors (Lipinski definition) is 1. The Morgan fingerprint density at radius 3 is 2.74 bits per heavy atom. The van der Waals surface area contributed by atoms with E-state index in [2.05, 4.69) is 5.10 Å². The molecule has 6 heteroatoms. The molecule has 0 radical (unpaired) electrons. The molecule has 1 heterocycles. The van der Waals surface area contributed by atoms with Crippen molar-refractivity contribution in [2.75, 3.05) is 7.11 Å². The lowest BCUT2D eigenvalue weighted by molar-refractivity contribution is 0.0689. The minimum atomic E-state index is -1.05. The topological polar surface area (TPSA) is 73.6 Å². The molecule has 19 heavy (non-hydrogen) atoms. The van der Waals surface area contributed by atoms with Crippen LogP contribution >= 0.6 is 0 Å². The van der Waals surface area contributed by atoms with Gasteiger partial charge in [-0.2, -0.15) is 5.10 Å². The quantitative estimate of drug-likeness (QED) is 0.887. The van der Waals surface area contributed by atoms with Crippen molar-refractivity contribution in [3.8, 4) is 11.5 Å². The number of benzene rings is 1. The van der Waals surface area contributed by atoms with Gasteiger partial charge in [0.25, 0.3) is 0 Å². The summed E-state index contributed by atoms with van der Waals surface area (Å²) in [6, 6.07) is 8.69. The van der Waals surface area contributed by atoms with Gasteiger partial charge in [-0.15, -0.1) is 0 Å². The van der Waals surface area contributed by atoms with E-state index in [-0.39, 0.29) is 12.3 Å². The van der Waals surface area contributed by atoms with Crippen molar-refractivity contribution in [2.45, 2.75) is 6.61 Å². The van der Waals surface area contributed by atoms with Crippen molar-refractivity contribution in [1.29, 1.82) is 0 Å². The summed E-state index contributed by atoms with van der Waals surface area (Å²) in [4.78, 5) is 10.8. The summed E-state index contributed by atoms with van der Waals surface area (Å²) in [6.07, 6.45) is 0. The van der Waals surface area contributed by atoms with Gasteiger partial charge in [-0.3, -0.25) is 4.68 Å². The molecule has 0 bridgehead atoms. The van der Waals surface area contributed by atoms with Crippen LogP contribution in [0.2, 0.25) is 0 Å². The molecule has 0 saturated heterocycles. The molecule has 2 rings (SSSR count). The van der Waals surface area contributed by atoms with Crippen LogP contribution in [0, 0.1) is 0 Å². The van der Waals surface area contributed by atoms with E-state index in [1.165, 1.54) is 10.7 Å². The van der Waals surface area contributed by atoms with Crippen LogP contribution in [0.4, 0.5) is 0 Å². The van der Waals surface area contributed by atoms with E-state index in [0.29, 0.717) is 17.2 Å². The molecule has 0 fully saturated rings. The molecule has 2 aromatic rings. The normalized spacial score (nSPS) is 10.2. The lowest BCUT2D eigenvalue weighted by atomic mass is 10.3. The largest absolute Gasteiger partial charge is 0.497 e. The van der Waals surface area contributed by atoms with Gasteiger partial charge in [-0.1, -0.05) is 6.07 Å². The standard InChI is InChI=1S/C13H14N2O4/c1-15-9(6-12(14-15)13(16)17)8-19-11-5-3-4-10(7-11)18-2/h3-7H,8H2,1-2H3,(H,16,17). The van der Waals surface area contributed by atoms with Crippen LogP contribution in [-0.4, -0.2) is 28.0 Å². The van der Waals surface area contributed by atoms with Crippen LogP contribution in [0.1, 0.15) is 16.2 Å². The third kappa shape index (κ3) is 3.04. The van der Waals surface area contributed by atoms with Crippen LogP contribution in [0.25, 0.3) is 0 Å². The molecular formula is C13H14N2O4. The number of methoxy groups -OCH3 is 1. The van der Waals surface area contributed by atoms with Gasteiger partial charge in [0.05, 0.1) is 12.8 Å². The molecule has 0 unspecified atom stereocenters. The first-order valence-electron chi connectivity index (χ1n) is 5.63. The Balaban J connectivity index is 2.07. The van der Waals surface area contributed by atoms with Gasteiger partial charge in [-0.05, 0) is 18.2 Å². The zero-order valence-corrected chi connectivity index (χ0v) is 10.7. The Hall–Kier alpha value is -2.50. The van der Waals surface area contributed by atoms with Crippen molar-refractivity contribution in [3.63, 3.8) is 0 Å². The summed E-state index contributed by atoms with van der Waals surface area (Å²) in [7, 11) is 3.26. The number of aromatic nitrogens is 2. The lowest BCUT2D eigenvalue weighted by Crippen LogP contribution is -2.03. The van der Waals surface area contributed by atoms with E-state index in [4.69, 9.17) is 14.6 Å². The third-order valence-corrected chi connectivity index (χ3v) is 2.62. The van der Waals surface area contributed by atoms with Gasteiger partial charge >= 0.3 is 5.97 Å². The molecule has 0 atom stereocenters. The molecule has 1 aromatic heterocycles. The predicted octanol–water partition coefficient (Wildman–Crippen LogP) is 1.71. The highest BCUT2D eigenvalue weighted by atomic mass is 16.5. The molecule has 0 amide bonds. The molecule has 6 nitrogen and oxygen atoms in total. The number of nitrogens with zero attached hydrogens (tertiary/aromatic N) is 2. The lowest BCUT2D eigenvalue weighted by Gasteiger charge is -2.07. The van der Waals surface area contributed by atoms with E-state index >= 15 is 0 Å². The zero-order valence-electron chi connectivity index (χ0n) is 10.7. The molecule has 0 spiro atoms. The van der Waals surface area contributed by atoms with Gasteiger partial charge in [0.2, 0.25) is 0 Å². The monoisotopic (exact) mass is 262 g/mol. The van der Waals surface area contributed by atoms with Gasteiger partial charge in [0.1, 0.15) is 18.1 Å². The van der Waals surface area contributed by atoms with Crippen LogP contribution in [-0.2, 0) is 13.7 Å². The molecule has 1 aromatic carbocycles. The summed E-state index contributed by atoms with van der Waals surface area (Å²) in [5.74, 6) is 0.300. The first-order valence-corrected chi connectivity index (χ1v) is 5.63. The molecule has 0 saturated carbocycles. The Morgan fingerprint density at radius 1 is 1.37 bits per heavy atom. The fourth-order valence-electron chi connectivity index (χ4n) is 1.59. The fourth-order valence-corrected chi connectivity index (χ4v) is 1.59. The SMILES string of the molecule is COc1cccc(OCc2cc(C(=O)O)nn2C)c1. The van der Waals surface area contributed by atoms with Gasteiger partial charge in [-0.25, -0.2) is 4.79 Å². The Morgan fingerprint density at radius 2 is 2.11 bits per heavy atom. The molecule has 100 valence electrons. The molecular weight excluding hydrogens is 248 g/mol. The number of aryl methyl sites for hydroxylation is 1. The van der Waals surface area contributed by atoms with Crippen molar-refractivity contribution in [2.24, 2.45) is 7.05 Å². The fraction of sp³-hybridized carbons (Fsp3) is 0.231. The van der Waals surface area contributed by atoms with Crippen LogP contribution in [0.3, 0.4) is 0 Å². The smallest absolute Gasteiger partial charge is 0.356 e. The van der Waals surface area contributed by atoms with Crippen LogP contribution in [0.5, 0.6) is 11.5 Å². The second-order valence-electron chi connectivity index (χ2n) is 3.92. The number of carbonyl (C=O) groups is 1. The average Bonchev–Trinajstić information content (AvgIpc) is 2.78. The van der Waals surface area contributed by atoms with Crippen molar-refractivity contribution >= 4 is 5.97 Å². The van der Waals surface area contributed by atoms with Gasteiger partial charge in [0.15, 0.2) is 5.69 Å². The van der Waals surface area contributed by atoms with Crippen molar-refractivity contribution in [1.82, 2.24) is 9.78 Å². The summed E-state index contributed by atoms with van der Waals surface area (Å²) >= 11 is 0. The van der Waals surface area contributed by atoms with Crippen molar-refractivity contribution in [3.05, 3.63) is 41.7 Å². The van der Waals surface area contributed by atoms with Gasteiger partial charge in [0, 0.05) is 13.1 Å². The molecule has 0 aliphatic carbocycles. The average molecular weight is 262 g/mol. The third-order valence-electron chi connectivity index (χ3n) is 2.62. The highest BCUT2D eigenvalue weighted by molar-refractivity contribution is 5.85. The van der Waals surface area contributed by atoms with E-state index in [1.54, 1.807) is 26.3 Å². The van der Waals surface area contributed by atoms with Crippen LogP contribution in [0.15, 0.2) is 30.3 Å². The maximum atomic E-state index is 10.8. The first kappa shape index (κ1) is 12.9. The number of carboxylic acids is 1. The molecule has 0 aliphatic heterocycles. The summed E-state index contributed by atoms with van der Waals surface area (Å²) in [5, 5.41) is 12.7. The van der Waals surface area contributed by atoms with E-state index in [9.17, 15) is 4.79 Å². The minimum Gasteiger partial charge on any atom is -0.497 e. The van der Waals surface area contributed by atoms with E-state index in [1.807, 2.05) is 12.1 Å². The number of rotatable bonds is 5. The highest BCUT2D eigenvalue weighted by Gasteiger charge is 2.11. The Labute approximate surface area is 110 Å². The Bertz CT molecular complexity index is 592. The predicted molar refractivity (Wildman–Crippen MR) is 67.5 cm³/mol. The number of carboxylic acid groups (broad SMARTS) is 1. The summed E-state index contributed by atoms with van der Waals surface area (Å²) in [6.45, 7) is 0.240. The number of aromatic carboxylic acids is 1. The second kappa shape index (κ2) is 5.43. The number of ether oxygens (including phenoxy) is 2. The second-order valence-corrected chi connectivity index (χ2v) is 3.92. The zero-order chi connectivity index (χ0) is 13.8. The van der Waals surface area contributed by atoms with E-state index < -0.39 is 5.97 Å². The maximum absolute atomic E-state index is 10.8. The van der Waals surface area contributed by atoms with E-state index in [0.717, 1.165) is 0 Å². The molecule has 1 N–H and O–H groups in total. The Kier molecular flexibility index (Phi) is 3.70. The van der Waals surface area contributed by atoms with Crippen molar-refractivity contribution < 1.29 is 19.4 Å². The molecule has 0 aliphatic rings. The maximum Gasteiger partial charge on any atom is 0.356 e. The first-order chi connectivity index (χ1) is 9.10. The van der Waals surface area contributed by atoms with Gasteiger partial charge < -0.3 is 14.6 Å². The summed E-state index contributed by atoms with van der Waals surface area (Å²) < 4.78 is 12.2. The number of hydrogen-bond acceptors (Lipinski definition) is 4. The summed E-state index contributed by atoms with van der Waals surface area (Å²) in [5.41, 5.74) is 0.687. The van der Waals surface area contributed by atoms with Crippen LogP contribution < -0.4 is 9.47 Å².